The van der Waals surface area contributed by atoms with E-state index in [1.807, 2.05) is 0 Å². The Morgan fingerprint density at radius 1 is 1.14 bits per heavy atom. The Bertz CT molecular complexity index is 501. The molecule has 3 nitrogen and oxygen atoms in total. The third-order valence-corrected chi connectivity index (χ3v) is 5.16. The van der Waals surface area contributed by atoms with Crippen LogP contribution < -0.4 is 11.1 Å². The zero-order valence-corrected chi connectivity index (χ0v) is 13.9. The summed E-state index contributed by atoms with van der Waals surface area (Å²) in [7, 11) is 0. The summed E-state index contributed by atoms with van der Waals surface area (Å²) in [6.45, 7) is 10.6. The topological polar surface area (TPSA) is 55.1 Å². The fourth-order valence-corrected chi connectivity index (χ4v) is 3.80. The summed E-state index contributed by atoms with van der Waals surface area (Å²) in [5.41, 5.74) is 8.60. The van der Waals surface area contributed by atoms with Crippen LogP contribution in [-0.2, 0) is 11.2 Å². The number of rotatable bonds is 4. The first kappa shape index (κ1) is 16.0. The average molecular weight is 288 g/mol. The number of benzene rings is 1. The third-order valence-electron chi connectivity index (χ3n) is 5.16. The molecule has 116 valence electrons. The molecule has 1 aliphatic rings. The summed E-state index contributed by atoms with van der Waals surface area (Å²) < 4.78 is 0. The van der Waals surface area contributed by atoms with Gasteiger partial charge in [0.2, 0.25) is 5.91 Å². The Hall–Kier alpha value is -1.35. The lowest BCUT2D eigenvalue weighted by Gasteiger charge is -2.62. The summed E-state index contributed by atoms with van der Waals surface area (Å²) in [6.07, 6.45) is 1.31. The van der Waals surface area contributed by atoms with Crippen molar-refractivity contribution < 1.29 is 4.79 Å². The maximum absolute atomic E-state index is 12.2. The summed E-state index contributed by atoms with van der Waals surface area (Å²) in [4.78, 5) is 12.2. The standard InChI is InChI=1S/C18H28N2O/c1-12-6-8-13(9-7-12)10-11-14(21)20-16-17(2,3)15(19)18(16,4)5/h6-9,15-16H,10-11,19H2,1-5H3,(H,20,21). The molecule has 3 N–H and O–H groups in total. The highest BCUT2D eigenvalue weighted by Gasteiger charge is 2.60. The van der Waals surface area contributed by atoms with E-state index in [1.165, 1.54) is 11.1 Å². The molecule has 0 heterocycles. The van der Waals surface area contributed by atoms with Crippen molar-refractivity contribution in [3.8, 4) is 0 Å². The number of nitrogens with two attached hydrogens (primary N) is 1. The van der Waals surface area contributed by atoms with Gasteiger partial charge < -0.3 is 11.1 Å². The molecule has 0 aromatic heterocycles. The second-order valence-electron chi connectivity index (χ2n) is 7.61. The molecule has 0 radical (unpaired) electrons. The molecule has 0 bridgehead atoms. The summed E-state index contributed by atoms with van der Waals surface area (Å²) in [5, 5.41) is 3.19. The van der Waals surface area contributed by atoms with Crippen LogP contribution in [-0.4, -0.2) is 18.0 Å². The van der Waals surface area contributed by atoms with Gasteiger partial charge in [-0.15, -0.1) is 0 Å². The zero-order valence-electron chi connectivity index (χ0n) is 13.9. The minimum Gasteiger partial charge on any atom is -0.352 e. The molecule has 1 aliphatic carbocycles. The summed E-state index contributed by atoms with van der Waals surface area (Å²) in [5.74, 6) is 0.119. The van der Waals surface area contributed by atoms with Crippen LogP contribution in [0.1, 0.15) is 45.2 Å². The monoisotopic (exact) mass is 288 g/mol. The van der Waals surface area contributed by atoms with Crippen LogP contribution in [0.25, 0.3) is 0 Å². The highest BCUT2D eigenvalue weighted by Crippen LogP contribution is 2.52. The minimum absolute atomic E-state index is 0.0387. The smallest absolute Gasteiger partial charge is 0.220 e. The molecule has 1 aromatic rings. The first-order valence-corrected chi connectivity index (χ1v) is 7.76. The molecule has 2 rings (SSSR count). The number of hydrogen-bond donors (Lipinski definition) is 2. The fourth-order valence-electron chi connectivity index (χ4n) is 3.80. The van der Waals surface area contributed by atoms with E-state index < -0.39 is 0 Å². The van der Waals surface area contributed by atoms with E-state index in [9.17, 15) is 4.79 Å². The Kier molecular flexibility index (Phi) is 4.16. The first-order valence-electron chi connectivity index (χ1n) is 7.76. The molecule has 0 aliphatic heterocycles. The third kappa shape index (κ3) is 2.98. The Balaban J connectivity index is 1.89. The van der Waals surface area contributed by atoms with Gasteiger partial charge in [0.25, 0.3) is 0 Å². The molecule has 1 fully saturated rings. The van der Waals surface area contributed by atoms with Gasteiger partial charge in [-0.05, 0) is 18.9 Å². The summed E-state index contributed by atoms with van der Waals surface area (Å²) in [6, 6.07) is 8.62. The zero-order chi connectivity index (χ0) is 15.8. The molecular weight excluding hydrogens is 260 g/mol. The molecule has 1 amide bonds. The van der Waals surface area contributed by atoms with Crippen molar-refractivity contribution >= 4 is 5.91 Å². The molecule has 0 atom stereocenters. The van der Waals surface area contributed by atoms with Crippen LogP contribution in [0, 0.1) is 17.8 Å². The van der Waals surface area contributed by atoms with E-state index >= 15 is 0 Å². The number of carbonyl (C=O) groups is 1. The van der Waals surface area contributed by atoms with E-state index in [-0.39, 0.29) is 28.8 Å². The molecule has 21 heavy (non-hydrogen) atoms. The lowest BCUT2D eigenvalue weighted by atomic mass is 9.48. The number of hydrogen-bond acceptors (Lipinski definition) is 2. The van der Waals surface area contributed by atoms with E-state index in [0.29, 0.717) is 6.42 Å². The van der Waals surface area contributed by atoms with Gasteiger partial charge in [0.1, 0.15) is 0 Å². The average Bonchev–Trinajstić information content (AvgIpc) is 2.43. The van der Waals surface area contributed by atoms with Gasteiger partial charge in [-0.2, -0.15) is 0 Å². The maximum Gasteiger partial charge on any atom is 0.220 e. The molecule has 0 unspecified atom stereocenters. The predicted molar refractivity (Wildman–Crippen MR) is 87.0 cm³/mol. The van der Waals surface area contributed by atoms with Crippen molar-refractivity contribution in [2.45, 2.75) is 59.5 Å². The minimum atomic E-state index is -0.0387. The predicted octanol–water partition coefficient (Wildman–Crippen LogP) is 2.81. The highest BCUT2D eigenvalue weighted by molar-refractivity contribution is 5.77. The van der Waals surface area contributed by atoms with Gasteiger partial charge >= 0.3 is 0 Å². The van der Waals surface area contributed by atoms with Gasteiger partial charge in [0.05, 0.1) is 0 Å². The largest absolute Gasteiger partial charge is 0.352 e. The first-order chi connectivity index (χ1) is 9.65. The van der Waals surface area contributed by atoms with Crippen molar-refractivity contribution in [1.82, 2.24) is 5.32 Å². The quantitative estimate of drug-likeness (QED) is 0.895. The normalized spacial score (nSPS) is 26.0. The Morgan fingerprint density at radius 3 is 2.19 bits per heavy atom. The molecular formula is C18H28N2O. The van der Waals surface area contributed by atoms with E-state index in [4.69, 9.17) is 5.73 Å². The fraction of sp³-hybridized carbons (Fsp3) is 0.611. The van der Waals surface area contributed by atoms with Crippen LogP contribution in [0.15, 0.2) is 24.3 Å². The lowest BCUT2D eigenvalue weighted by Crippen LogP contribution is -2.76. The van der Waals surface area contributed by atoms with Crippen molar-refractivity contribution in [3.63, 3.8) is 0 Å². The van der Waals surface area contributed by atoms with Crippen LogP contribution in [0.5, 0.6) is 0 Å². The SMILES string of the molecule is Cc1ccc(CCC(=O)NC2C(C)(C)C(N)C2(C)C)cc1. The van der Waals surface area contributed by atoms with Crippen LogP contribution in [0.3, 0.4) is 0 Å². The van der Waals surface area contributed by atoms with Crippen molar-refractivity contribution in [3.05, 3.63) is 35.4 Å². The van der Waals surface area contributed by atoms with Crippen molar-refractivity contribution in [1.29, 1.82) is 0 Å². The van der Waals surface area contributed by atoms with Crippen molar-refractivity contribution in [2.24, 2.45) is 16.6 Å². The number of carbonyl (C=O) groups excluding carboxylic acids is 1. The van der Waals surface area contributed by atoms with Gasteiger partial charge in [-0.25, -0.2) is 0 Å². The lowest BCUT2D eigenvalue weighted by molar-refractivity contribution is -0.132. The number of amides is 1. The molecule has 1 aromatic carbocycles. The molecule has 0 spiro atoms. The van der Waals surface area contributed by atoms with Gasteiger partial charge in [-0.1, -0.05) is 57.5 Å². The van der Waals surface area contributed by atoms with E-state index in [0.717, 1.165) is 6.42 Å². The number of aryl methyl sites for hydroxylation is 2. The van der Waals surface area contributed by atoms with E-state index in [1.54, 1.807) is 0 Å². The second-order valence-corrected chi connectivity index (χ2v) is 7.61. The second kappa shape index (κ2) is 5.45. The maximum atomic E-state index is 12.2. The Morgan fingerprint density at radius 2 is 1.67 bits per heavy atom. The molecule has 1 saturated carbocycles. The van der Waals surface area contributed by atoms with Crippen LogP contribution in [0.4, 0.5) is 0 Å². The Labute approximate surface area is 128 Å². The summed E-state index contributed by atoms with van der Waals surface area (Å²) >= 11 is 0. The van der Waals surface area contributed by atoms with Gasteiger partial charge in [0.15, 0.2) is 0 Å². The molecule has 3 heteroatoms. The van der Waals surface area contributed by atoms with Crippen LogP contribution in [0.2, 0.25) is 0 Å². The van der Waals surface area contributed by atoms with Crippen LogP contribution >= 0.6 is 0 Å². The number of nitrogens with one attached hydrogen (secondary N) is 1. The van der Waals surface area contributed by atoms with Crippen molar-refractivity contribution in [2.75, 3.05) is 0 Å². The highest BCUT2D eigenvalue weighted by atomic mass is 16.1. The molecule has 0 saturated heterocycles. The van der Waals surface area contributed by atoms with E-state index in [2.05, 4.69) is 64.2 Å². The van der Waals surface area contributed by atoms with Gasteiger partial charge in [0, 0.05) is 29.3 Å². The van der Waals surface area contributed by atoms with Gasteiger partial charge in [-0.3, -0.25) is 4.79 Å².